The number of hydrogen-bond acceptors (Lipinski definition) is 4. The maximum absolute atomic E-state index is 13.7. The largest absolute Gasteiger partial charge is 0.243 e. The summed E-state index contributed by atoms with van der Waals surface area (Å²) in [6.45, 7) is 6.64. The molecule has 1 saturated heterocycles. The third kappa shape index (κ3) is 5.49. The van der Waals surface area contributed by atoms with Crippen molar-refractivity contribution < 1.29 is 16.8 Å². The van der Waals surface area contributed by atoms with Crippen LogP contribution in [0, 0.1) is 24.2 Å². The van der Waals surface area contributed by atoms with Gasteiger partial charge in [0.05, 0.1) is 9.79 Å². The number of sulfonamides is 2. The summed E-state index contributed by atoms with van der Waals surface area (Å²) in [6.07, 6.45) is 8.08. The summed E-state index contributed by atoms with van der Waals surface area (Å²) in [5.41, 5.74) is 0.374. The van der Waals surface area contributed by atoms with Crippen LogP contribution in [0.3, 0.4) is 0 Å². The molecule has 0 aromatic heterocycles. The van der Waals surface area contributed by atoms with Crippen LogP contribution in [0.25, 0.3) is 0 Å². The molecule has 9 heteroatoms. The molecule has 4 rings (SSSR count). The molecule has 0 amide bonds. The Kier molecular flexibility index (Phi) is 7.74. The molecule has 0 spiro atoms. The summed E-state index contributed by atoms with van der Waals surface area (Å²) in [5.74, 6) is 0.244. The van der Waals surface area contributed by atoms with Gasteiger partial charge in [-0.1, -0.05) is 51.9 Å². The fourth-order valence-corrected chi connectivity index (χ4v) is 8.35. The number of nitrogens with zero attached hydrogens (tertiary/aromatic N) is 1. The number of aryl methyl sites for hydroxylation is 1. The lowest BCUT2D eigenvalue weighted by atomic mass is 9.61. The number of hydrogen-bond donors (Lipinski definition) is 1. The van der Waals surface area contributed by atoms with Gasteiger partial charge in [0.15, 0.2) is 0 Å². The lowest BCUT2D eigenvalue weighted by molar-refractivity contribution is 0.0210. The molecule has 35 heavy (non-hydrogen) atoms. The first-order chi connectivity index (χ1) is 16.6. The number of halogens is 1. The van der Waals surface area contributed by atoms with E-state index in [1.54, 1.807) is 58.9 Å². The zero-order valence-electron chi connectivity index (χ0n) is 19.7. The van der Waals surface area contributed by atoms with E-state index in [1.165, 1.54) is 0 Å². The lowest BCUT2D eigenvalue weighted by Crippen LogP contribution is -2.59. The molecule has 2 aromatic carbocycles. The van der Waals surface area contributed by atoms with Gasteiger partial charge in [0.25, 0.3) is 0 Å². The molecule has 0 unspecified atom stereocenters. The maximum atomic E-state index is 13.7. The van der Waals surface area contributed by atoms with Crippen molar-refractivity contribution in [1.29, 1.82) is 0 Å². The minimum atomic E-state index is -3.77. The smallest absolute Gasteiger partial charge is 0.211 e. The van der Waals surface area contributed by atoms with Crippen LogP contribution in [0.1, 0.15) is 24.8 Å². The van der Waals surface area contributed by atoms with E-state index in [4.69, 9.17) is 0 Å². The van der Waals surface area contributed by atoms with Crippen molar-refractivity contribution in [2.45, 2.75) is 36.0 Å². The minimum absolute atomic E-state index is 0.103. The third-order valence-electron chi connectivity index (χ3n) is 7.23. The van der Waals surface area contributed by atoms with Gasteiger partial charge in [-0.2, -0.15) is 4.31 Å². The number of nitrogens with one attached hydrogen (secondary N) is 1. The maximum Gasteiger partial charge on any atom is 0.243 e. The molecule has 2 aliphatic rings. The minimum Gasteiger partial charge on any atom is -0.211 e. The van der Waals surface area contributed by atoms with E-state index in [0.717, 1.165) is 22.9 Å². The molecule has 1 heterocycles. The molecule has 1 aliphatic heterocycles. The number of rotatable bonds is 8. The Hall–Kier alpha value is -1.78. The van der Waals surface area contributed by atoms with Gasteiger partial charge in [0.2, 0.25) is 20.0 Å². The van der Waals surface area contributed by atoms with Gasteiger partial charge < -0.3 is 0 Å². The molecule has 6 nitrogen and oxygen atoms in total. The molecule has 188 valence electrons. The fraction of sp³-hybridized carbons (Fsp3) is 0.385. The Bertz CT molecular complexity index is 1310. The van der Waals surface area contributed by atoms with Crippen LogP contribution in [0.2, 0.25) is 0 Å². The van der Waals surface area contributed by atoms with Crippen LogP contribution in [0.4, 0.5) is 0 Å². The molecule has 0 bridgehead atoms. The molecule has 0 radical (unpaired) electrons. The molecule has 1 N–H and O–H groups in total. The van der Waals surface area contributed by atoms with Crippen molar-refractivity contribution >= 4 is 36.0 Å². The van der Waals surface area contributed by atoms with Crippen LogP contribution in [-0.2, 0) is 20.0 Å². The number of fused-ring (bicyclic) bond motifs is 1. The molecular weight excluding hydrogens is 548 g/mol. The highest BCUT2D eigenvalue weighted by Gasteiger charge is 2.50. The highest BCUT2D eigenvalue weighted by Crippen LogP contribution is 2.48. The standard InChI is InChI=1S/C26H31BrN2O4S2/c1-3-16-26(18-28-34(30,31)23-14-10-22(27)11-15-23)19-29(17-21-6-4-5-7-25(21)26)35(32,33)24-12-8-20(2)9-13-24/h3-5,8-15,21,25,28H,1,6-7,16-19H2,2H3/t21-,25-,26+/m1/s1. The first kappa shape index (κ1) is 26.3. The van der Waals surface area contributed by atoms with Crippen LogP contribution in [0.5, 0.6) is 0 Å². The second-order valence-electron chi connectivity index (χ2n) is 9.55. The van der Waals surface area contributed by atoms with Gasteiger partial charge in [0, 0.05) is 29.5 Å². The van der Waals surface area contributed by atoms with Crippen LogP contribution < -0.4 is 4.72 Å². The average molecular weight is 580 g/mol. The number of benzene rings is 2. The van der Waals surface area contributed by atoms with Crippen molar-refractivity contribution in [2.24, 2.45) is 17.3 Å². The Balaban J connectivity index is 1.68. The van der Waals surface area contributed by atoms with Crippen molar-refractivity contribution in [3.63, 3.8) is 0 Å². The van der Waals surface area contributed by atoms with Crippen molar-refractivity contribution in [3.8, 4) is 0 Å². The molecule has 1 fully saturated rings. The monoisotopic (exact) mass is 578 g/mol. The summed E-state index contributed by atoms with van der Waals surface area (Å²) in [5, 5.41) is 0. The van der Waals surface area contributed by atoms with Gasteiger partial charge in [-0.25, -0.2) is 21.6 Å². The Morgan fingerprint density at radius 1 is 1.03 bits per heavy atom. The normalized spacial score (nSPS) is 25.2. The zero-order valence-corrected chi connectivity index (χ0v) is 22.9. The van der Waals surface area contributed by atoms with Gasteiger partial charge >= 0.3 is 0 Å². The van der Waals surface area contributed by atoms with Gasteiger partial charge in [-0.3, -0.25) is 0 Å². The van der Waals surface area contributed by atoms with Crippen molar-refractivity contribution in [1.82, 2.24) is 9.03 Å². The van der Waals surface area contributed by atoms with Crippen molar-refractivity contribution in [2.75, 3.05) is 19.6 Å². The second kappa shape index (κ2) is 10.3. The first-order valence-corrected chi connectivity index (χ1v) is 15.4. The SMILES string of the molecule is C=CC[C@]1(CNS(=O)(=O)c2ccc(Br)cc2)CN(S(=O)(=O)c2ccc(C)cc2)C[C@H]2CC=CC[C@H]21. The predicted octanol–water partition coefficient (Wildman–Crippen LogP) is 4.89. The average Bonchev–Trinajstić information content (AvgIpc) is 2.83. The highest BCUT2D eigenvalue weighted by molar-refractivity contribution is 9.10. The van der Waals surface area contributed by atoms with E-state index >= 15 is 0 Å². The van der Waals surface area contributed by atoms with Crippen LogP contribution in [0.15, 0.2) is 87.6 Å². The van der Waals surface area contributed by atoms with E-state index < -0.39 is 25.5 Å². The topological polar surface area (TPSA) is 83.6 Å². The summed E-state index contributed by atoms with van der Waals surface area (Å²) in [7, 11) is -7.51. The van der Waals surface area contributed by atoms with E-state index in [1.807, 2.05) is 6.92 Å². The number of allylic oxidation sites excluding steroid dienone is 3. The van der Waals surface area contributed by atoms with Crippen LogP contribution in [-0.4, -0.2) is 40.8 Å². The Morgan fingerprint density at radius 2 is 1.66 bits per heavy atom. The van der Waals surface area contributed by atoms with Gasteiger partial charge in [-0.05, 0) is 74.4 Å². The summed E-state index contributed by atoms with van der Waals surface area (Å²) in [6, 6.07) is 13.4. The number of piperidine rings is 1. The first-order valence-electron chi connectivity index (χ1n) is 11.7. The molecule has 3 atom stereocenters. The fourth-order valence-electron chi connectivity index (χ4n) is 5.36. The quantitative estimate of drug-likeness (QED) is 0.452. The van der Waals surface area contributed by atoms with Gasteiger partial charge in [0.1, 0.15) is 0 Å². The molecule has 1 aliphatic carbocycles. The van der Waals surface area contributed by atoms with E-state index in [9.17, 15) is 16.8 Å². The zero-order chi connectivity index (χ0) is 25.3. The predicted molar refractivity (Wildman–Crippen MR) is 142 cm³/mol. The second-order valence-corrected chi connectivity index (χ2v) is 14.2. The molecule has 0 saturated carbocycles. The summed E-state index contributed by atoms with van der Waals surface area (Å²) >= 11 is 3.33. The third-order valence-corrected chi connectivity index (χ3v) is 11.0. The van der Waals surface area contributed by atoms with E-state index in [0.29, 0.717) is 13.0 Å². The lowest BCUT2D eigenvalue weighted by Gasteiger charge is -2.52. The Morgan fingerprint density at radius 3 is 2.31 bits per heavy atom. The van der Waals surface area contributed by atoms with Crippen LogP contribution >= 0.6 is 15.9 Å². The Labute approximate surface area is 217 Å². The molecule has 2 aromatic rings. The summed E-state index contributed by atoms with van der Waals surface area (Å²) < 4.78 is 58.7. The molecular formula is C26H31BrN2O4S2. The van der Waals surface area contributed by atoms with Gasteiger partial charge in [-0.15, -0.1) is 6.58 Å². The van der Waals surface area contributed by atoms with E-state index in [-0.39, 0.29) is 34.7 Å². The summed E-state index contributed by atoms with van der Waals surface area (Å²) in [4.78, 5) is 0.435. The van der Waals surface area contributed by atoms with E-state index in [2.05, 4.69) is 39.4 Å². The van der Waals surface area contributed by atoms with Crippen molar-refractivity contribution in [3.05, 3.63) is 83.4 Å². The highest BCUT2D eigenvalue weighted by atomic mass is 79.9.